The molecule has 26 heavy (non-hydrogen) atoms. The zero-order valence-electron chi connectivity index (χ0n) is 17.3. The van der Waals surface area contributed by atoms with Crippen LogP contribution in [0.3, 0.4) is 0 Å². The van der Waals surface area contributed by atoms with E-state index < -0.39 is 7.82 Å². The van der Waals surface area contributed by atoms with Crippen molar-refractivity contribution >= 4 is 7.82 Å². The van der Waals surface area contributed by atoms with Crippen molar-refractivity contribution in [3.63, 3.8) is 0 Å². The van der Waals surface area contributed by atoms with Gasteiger partial charge < -0.3 is 19.4 Å². The Kier molecular flexibility index (Phi) is 25.1. The highest BCUT2D eigenvalue weighted by atomic mass is 31.2. The van der Waals surface area contributed by atoms with Crippen LogP contribution in [-0.4, -0.2) is 27.9 Å². The zero-order valence-corrected chi connectivity index (χ0v) is 18.2. The van der Waals surface area contributed by atoms with Gasteiger partial charge in [0.05, 0.1) is 0 Å². The molecule has 6 heteroatoms. The van der Waals surface area contributed by atoms with E-state index in [0.717, 1.165) is 13.2 Å². The molecule has 3 N–H and O–H groups in total. The first-order chi connectivity index (χ1) is 12.4. The summed E-state index contributed by atoms with van der Waals surface area (Å²) in [5, 5.41) is 0. The van der Waals surface area contributed by atoms with Gasteiger partial charge in [-0.3, -0.25) is 0 Å². The topological polar surface area (TPSA) is 87.0 Å². The standard InChI is InChI=1S/C20H42O.H3O4P/c1-3-5-6-7-8-9-10-11-12-13-14-15-16-17-18-19-20-21-4-2;1-5(2,3)4/h3-20H2,1-2H3;(H3,1,2,3,4). The van der Waals surface area contributed by atoms with E-state index in [9.17, 15) is 0 Å². The van der Waals surface area contributed by atoms with Crippen LogP contribution in [0.4, 0.5) is 0 Å². The van der Waals surface area contributed by atoms with Crippen molar-refractivity contribution in [3.05, 3.63) is 0 Å². The van der Waals surface area contributed by atoms with E-state index in [1.54, 1.807) is 0 Å². The van der Waals surface area contributed by atoms with Gasteiger partial charge in [-0.05, 0) is 13.3 Å². The summed E-state index contributed by atoms with van der Waals surface area (Å²) in [7, 11) is -4.64. The van der Waals surface area contributed by atoms with Crippen molar-refractivity contribution in [2.45, 2.75) is 117 Å². The number of ether oxygens (including phenoxy) is 1. The molecule has 0 aromatic rings. The SMILES string of the molecule is CCCCCCCCCCCCCCCCCCOCC.O=P(O)(O)O. The van der Waals surface area contributed by atoms with E-state index in [0.29, 0.717) is 0 Å². The summed E-state index contributed by atoms with van der Waals surface area (Å²) in [5.41, 5.74) is 0. The Hall–Kier alpha value is 0.0700. The van der Waals surface area contributed by atoms with Crippen LogP contribution >= 0.6 is 7.82 Å². The van der Waals surface area contributed by atoms with Gasteiger partial charge in [0.25, 0.3) is 0 Å². The molecule has 0 aromatic heterocycles. The van der Waals surface area contributed by atoms with Gasteiger partial charge in [-0.1, -0.05) is 103 Å². The normalized spacial score (nSPS) is 11.3. The lowest BCUT2D eigenvalue weighted by atomic mass is 10.0. The van der Waals surface area contributed by atoms with Gasteiger partial charge >= 0.3 is 7.82 Å². The molecule has 0 aliphatic carbocycles. The van der Waals surface area contributed by atoms with Gasteiger partial charge in [0.1, 0.15) is 0 Å². The summed E-state index contributed by atoms with van der Waals surface area (Å²) in [4.78, 5) is 21.6. The third kappa shape index (κ3) is 39.2. The van der Waals surface area contributed by atoms with E-state index in [-0.39, 0.29) is 0 Å². The zero-order chi connectivity index (χ0) is 19.9. The van der Waals surface area contributed by atoms with Gasteiger partial charge in [-0.2, -0.15) is 0 Å². The number of phosphoric acid groups is 1. The molecule has 0 rings (SSSR count). The van der Waals surface area contributed by atoms with Crippen LogP contribution < -0.4 is 0 Å². The summed E-state index contributed by atoms with van der Waals surface area (Å²) in [5.74, 6) is 0. The third-order valence-corrected chi connectivity index (χ3v) is 4.35. The molecular formula is C20H45O5P. The molecule has 0 saturated carbocycles. The number of unbranched alkanes of at least 4 members (excludes halogenated alkanes) is 15. The Bertz CT molecular complexity index is 268. The second-order valence-corrected chi connectivity index (χ2v) is 8.04. The van der Waals surface area contributed by atoms with Crippen LogP contribution in [0.5, 0.6) is 0 Å². The molecule has 0 spiro atoms. The Morgan fingerprint density at radius 1 is 0.577 bits per heavy atom. The second-order valence-electron chi connectivity index (χ2n) is 7.01. The van der Waals surface area contributed by atoms with Crippen molar-refractivity contribution in [1.82, 2.24) is 0 Å². The number of hydrogen-bond donors (Lipinski definition) is 3. The van der Waals surface area contributed by atoms with Crippen molar-refractivity contribution in [2.75, 3.05) is 13.2 Å². The summed E-state index contributed by atoms with van der Waals surface area (Å²) in [6.07, 6.45) is 22.9. The van der Waals surface area contributed by atoms with Crippen LogP contribution in [0.25, 0.3) is 0 Å². The average Bonchev–Trinajstić information content (AvgIpc) is 2.56. The molecule has 0 unspecified atom stereocenters. The molecule has 0 aliphatic rings. The fraction of sp³-hybridized carbons (Fsp3) is 1.00. The fourth-order valence-corrected chi connectivity index (χ4v) is 2.90. The van der Waals surface area contributed by atoms with Crippen LogP contribution in [0.1, 0.15) is 117 Å². The third-order valence-electron chi connectivity index (χ3n) is 4.35. The van der Waals surface area contributed by atoms with Gasteiger partial charge in [0.2, 0.25) is 0 Å². The molecule has 0 heterocycles. The van der Waals surface area contributed by atoms with Gasteiger partial charge in [0.15, 0.2) is 0 Å². The largest absolute Gasteiger partial charge is 0.466 e. The second kappa shape index (κ2) is 23.1. The molecule has 0 radical (unpaired) electrons. The van der Waals surface area contributed by atoms with Gasteiger partial charge in [-0.15, -0.1) is 0 Å². The minimum absolute atomic E-state index is 0.874. The fourth-order valence-electron chi connectivity index (χ4n) is 2.90. The molecule has 0 aromatic carbocycles. The first-order valence-corrected chi connectivity index (χ1v) is 12.3. The molecule has 0 aliphatic heterocycles. The Balaban J connectivity index is 0. The summed E-state index contributed by atoms with van der Waals surface area (Å²) in [6.45, 7) is 6.21. The maximum atomic E-state index is 8.88. The number of rotatable bonds is 18. The summed E-state index contributed by atoms with van der Waals surface area (Å²) >= 11 is 0. The van der Waals surface area contributed by atoms with Crippen molar-refractivity contribution in [1.29, 1.82) is 0 Å². The highest BCUT2D eigenvalue weighted by molar-refractivity contribution is 7.45. The van der Waals surface area contributed by atoms with Crippen LogP contribution in [0, 0.1) is 0 Å². The maximum Gasteiger partial charge on any atom is 0.466 e. The molecule has 0 atom stereocenters. The van der Waals surface area contributed by atoms with E-state index in [2.05, 4.69) is 13.8 Å². The van der Waals surface area contributed by atoms with E-state index in [4.69, 9.17) is 24.0 Å². The lowest BCUT2D eigenvalue weighted by Gasteiger charge is -2.03. The van der Waals surface area contributed by atoms with Gasteiger partial charge in [-0.25, -0.2) is 4.57 Å². The van der Waals surface area contributed by atoms with Crippen LogP contribution in [0.2, 0.25) is 0 Å². The summed E-state index contributed by atoms with van der Waals surface area (Å²) in [6, 6.07) is 0. The van der Waals surface area contributed by atoms with Crippen molar-refractivity contribution in [3.8, 4) is 0 Å². The minimum Gasteiger partial charge on any atom is -0.382 e. The lowest BCUT2D eigenvalue weighted by molar-refractivity contribution is 0.143. The van der Waals surface area contributed by atoms with E-state index >= 15 is 0 Å². The molecule has 0 saturated heterocycles. The van der Waals surface area contributed by atoms with Crippen LogP contribution in [-0.2, 0) is 9.30 Å². The first kappa shape index (κ1) is 28.3. The molecular weight excluding hydrogens is 351 g/mol. The van der Waals surface area contributed by atoms with E-state index in [1.807, 2.05) is 0 Å². The maximum absolute atomic E-state index is 8.88. The smallest absolute Gasteiger partial charge is 0.382 e. The predicted molar refractivity (Wildman–Crippen MR) is 110 cm³/mol. The van der Waals surface area contributed by atoms with Crippen molar-refractivity contribution < 1.29 is 24.0 Å². The van der Waals surface area contributed by atoms with Crippen LogP contribution in [0.15, 0.2) is 0 Å². The molecule has 160 valence electrons. The highest BCUT2D eigenvalue weighted by Gasteiger charge is 2.00. The molecule has 0 bridgehead atoms. The lowest BCUT2D eigenvalue weighted by Crippen LogP contribution is -1.92. The van der Waals surface area contributed by atoms with Gasteiger partial charge in [0, 0.05) is 13.2 Å². The Labute approximate surface area is 162 Å². The number of hydrogen-bond acceptors (Lipinski definition) is 2. The van der Waals surface area contributed by atoms with E-state index in [1.165, 1.54) is 103 Å². The molecule has 0 amide bonds. The Morgan fingerprint density at radius 2 is 0.846 bits per heavy atom. The predicted octanol–water partition coefficient (Wildman–Crippen LogP) is 6.36. The van der Waals surface area contributed by atoms with Crippen molar-refractivity contribution in [2.24, 2.45) is 0 Å². The molecule has 5 nitrogen and oxygen atoms in total. The quantitative estimate of drug-likeness (QED) is 0.185. The molecule has 0 fully saturated rings. The highest BCUT2D eigenvalue weighted by Crippen LogP contribution is 2.25. The Morgan fingerprint density at radius 3 is 1.12 bits per heavy atom. The summed E-state index contributed by atoms with van der Waals surface area (Å²) < 4.78 is 14.2. The average molecular weight is 397 g/mol. The minimum atomic E-state index is -4.64. The first-order valence-electron chi connectivity index (χ1n) is 10.8. The monoisotopic (exact) mass is 396 g/mol.